The first kappa shape index (κ1) is 29.5. The van der Waals surface area contributed by atoms with Gasteiger partial charge in [-0.25, -0.2) is 4.98 Å². The highest BCUT2D eigenvalue weighted by Gasteiger charge is 2.27. The first-order chi connectivity index (χ1) is 20.4. The molecule has 0 aliphatic carbocycles. The van der Waals surface area contributed by atoms with E-state index in [4.69, 9.17) is 4.74 Å². The number of para-hydroxylation sites is 2. The van der Waals surface area contributed by atoms with Crippen LogP contribution < -0.4 is 24.6 Å². The van der Waals surface area contributed by atoms with E-state index in [1.807, 2.05) is 12.1 Å². The maximum absolute atomic E-state index is 11.6. The zero-order chi connectivity index (χ0) is 29.6. The molecule has 2 aliphatic heterocycles. The number of ether oxygens (including phenoxy) is 1. The zero-order valence-electron chi connectivity index (χ0n) is 24.1. The van der Waals surface area contributed by atoms with Crippen molar-refractivity contribution < 1.29 is 13.5 Å². The summed E-state index contributed by atoms with van der Waals surface area (Å²) < 4.78 is 29.9. The number of piperazine rings is 1. The van der Waals surface area contributed by atoms with Crippen LogP contribution in [-0.4, -0.2) is 95.0 Å². The molecule has 12 nitrogen and oxygen atoms in total. The van der Waals surface area contributed by atoms with Gasteiger partial charge in [0.15, 0.2) is 5.82 Å². The predicted molar refractivity (Wildman–Crippen MR) is 164 cm³/mol. The molecule has 3 heterocycles. The van der Waals surface area contributed by atoms with Crippen LogP contribution in [-0.2, 0) is 11.3 Å². The molecule has 2 saturated heterocycles. The SMILES string of the molecule is COc1cc(N2CCC(N3CCN(C)CC3)CC2)ccc1Nc1ncc(C#N)c(Nc2ccccc2N(C)S(=O)[O-])n1. The van der Waals surface area contributed by atoms with Crippen LogP contribution in [0.3, 0.4) is 0 Å². The Labute approximate surface area is 249 Å². The smallest absolute Gasteiger partial charge is 0.229 e. The molecule has 1 unspecified atom stereocenters. The molecule has 2 aromatic carbocycles. The van der Waals surface area contributed by atoms with Crippen molar-refractivity contribution in [3.8, 4) is 11.8 Å². The van der Waals surface area contributed by atoms with E-state index in [0.717, 1.165) is 62.1 Å². The summed E-state index contributed by atoms with van der Waals surface area (Å²) in [5.41, 5.74) is 2.89. The molecule has 222 valence electrons. The number of likely N-dealkylation sites (N-methyl/N-ethyl adjacent to an activating group) is 1. The number of nitrogens with zero attached hydrogens (tertiary/aromatic N) is 7. The maximum atomic E-state index is 11.6. The number of anilines is 6. The lowest BCUT2D eigenvalue weighted by molar-refractivity contribution is 0.0982. The van der Waals surface area contributed by atoms with Crippen LogP contribution in [0.2, 0.25) is 0 Å². The highest BCUT2D eigenvalue weighted by atomic mass is 32.2. The summed E-state index contributed by atoms with van der Waals surface area (Å²) in [5, 5.41) is 15.9. The van der Waals surface area contributed by atoms with Gasteiger partial charge in [0.1, 0.15) is 17.4 Å². The fourth-order valence-electron chi connectivity index (χ4n) is 5.46. The second-order valence-electron chi connectivity index (χ2n) is 10.5. The third-order valence-corrected chi connectivity index (χ3v) is 8.59. The highest BCUT2D eigenvalue weighted by molar-refractivity contribution is 7.80. The average Bonchev–Trinajstić information content (AvgIpc) is 3.02. The molecule has 1 aromatic heterocycles. The second-order valence-corrected chi connectivity index (χ2v) is 11.5. The molecule has 42 heavy (non-hydrogen) atoms. The van der Waals surface area contributed by atoms with Crippen LogP contribution >= 0.6 is 0 Å². The minimum absolute atomic E-state index is 0.212. The number of hydrogen-bond acceptors (Lipinski definition) is 11. The summed E-state index contributed by atoms with van der Waals surface area (Å²) in [7, 11) is 5.26. The topological polar surface area (TPSA) is 136 Å². The van der Waals surface area contributed by atoms with E-state index in [-0.39, 0.29) is 17.3 Å². The Hall–Kier alpha value is -3.96. The Morgan fingerprint density at radius 1 is 1.07 bits per heavy atom. The highest BCUT2D eigenvalue weighted by Crippen LogP contribution is 2.34. The number of methoxy groups -OCH3 is 1. The number of nitriles is 1. The van der Waals surface area contributed by atoms with Crippen LogP contribution in [0, 0.1) is 11.3 Å². The Bertz CT molecular complexity index is 1450. The maximum Gasteiger partial charge on any atom is 0.229 e. The molecule has 0 saturated carbocycles. The van der Waals surface area contributed by atoms with E-state index >= 15 is 0 Å². The number of piperidine rings is 1. The molecule has 1 atom stereocenters. The second kappa shape index (κ2) is 13.3. The molecule has 0 radical (unpaired) electrons. The van der Waals surface area contributed by atoms with Gasteiger partial charge in [-0.15, -0.1) is 0 Å². The summed E-state index contributed by atoms with van der Waals surface area (Å²) in [4.78, 5) is 16.3. The molecular weight excluding hydrogens is 554 g/mol. The summed E-state index contributed by atoms with van der Waals surface area (Å²) in [6.07, 6.45) is 3.70. The minimum Gasteiger partial charge on any atom is -0.755 e. The van der Waals surface area contributed by atoms with Crippen LogP contribution in [0.15, 0.2) is 48.7 Å². The van der Waals surface area contributed by atoms with Gasteiger partial charge < -0.3 is 34.0 Å². The number of hydrogen-bond donors (Lipinski definition) is 2. The summed E-state index contributed by atoms with van der Waals surface area (Å²) >= 11 is -2.47. The Morgan fingerprint density at radius 3 is 2.50 bits per heavy atom. The van der Waals surface area contributed by atoms with E-state index in [1.165, 1.54) is 13.2 Å². The van der Waals surface area contributed by atoms with Crippen molar-refractivity contribution in [2.24, 2.45) is 0 Å². The lowest BCUT2D eigenvalue weighted by atomic mass is 10.0. The standard InChI is InChI=1S/C29H37N9O3S/c1-35-14-16-38(17-15-35)22-10-12-37(13-11-22)23-8-9-25(27(18-23)41-3)33-29-31-20-21(19-30)28(34-29)32-24-6-4-5-7-26(24)36(2)42(39)40/h4-9,18,20,22H,10-17H2,1-3H3,(H,39,40)(H2,31,32,33,34)/p-1. The number of rotatable bonds is 9. The van der Waals surface area contributed by atoms with Crippen molar-refractivity contribution in [2.45, 2.75) is 18.9 Å². The van der Waals surface area contributed by atoms with Gasteiger partial charge in [0.05, 0.1) is 30.4 Å². The van der Waals surface area contributed by atoms with Crippen LogP contribution in [0.5, 0.6) is 5.75 Å². The summed E-state index contributed by atoms with van der Waals surface area (Å²) in [5.74, 6) is 1.15. The number of nitrogens with one attached hydrogen (secondary N) is 2. The minimum atomic E-state index is -2.47. The molecule has 13 heteroatoms. The van der Waals surface area contributed by atoms with E-state index in [2.05, 4.69) is 54.5 Å². The van der Waals surface area contributed by atoms with Gasteiger partial charge in [-0.2, -0.15) is 10.2 Å². The van der Waals surface area contributed by atoms with Gasteiger partial charge in [-0.05, 0) is 44.2 Å². The lowest BCUT2D eigenvalue weighted by Crippen LogP contribution is -2.52. The Morgan fingerprint density at radius 2 is 1.81 bits per heavy atom. The van der Waals surface area contributed by atoms with Gasteiger partial charge in [-0.3, -0.25) is 9.11 Å². The van der Waals surface area contributed by atoms with E-state index in [1.54, 1.807) is 31.4 Å². The van der Waals surface area contributed by atoms with Crippen molar-refractivity contribution in [3.63, 3.8) is 0 Å². The van der Waals surface area contributed by atoms with E-state index in [9.17, 15) is 14.0 Å². The predicted octanol–water partition coefficient (Wildman–Crippen LogP) is 3.29. The molecule has 5 rings (SSSR count). The van der Waals surface area contributed by atoms with Crippen LogP contribution in [0.1, 0.15) is 18.4 Å². The molecule has 2 N–H and O–H groups in total. The van der Waals surface area contributed by atoms with Gasteiger partial charge >= 0.3 is 0 Å². The largest absolute Gasteiger partial charge is 0.755 e. The normalized spacial score (nSPS) is 17.4. The molecule has 2 fully saturated rings. The first-order valence-corrected chi connectivity index (χ1v) is 15.0. The Kier molecular flexibility index (Phi) is 9.38. The van der Waals surface area contributed by atoms with E-state index in [0.29, 0.717) is 28.9 Å². The quantitative estimate of drug-likeness (QED) is 0.355. The average molecular weight is 591 g/mol. The molecule has 0 spiro atoms. The molecule has 0 amide bonds. The molecule has 2 aliphatic rings. The zero-order valence-corrected chi connectivity index (χ0v) is 24.9. The van der Waals surface area contributed by atoms with E-state index < -0.39 is 11.3 Å². The monoisotopic (exact) mass is 590 g/mol. The summed E-state index contributed by atoms with van der Waals surface area (Å²) in [6, 6.07) is 15.6. The number of benzene rings is 2. The van der Waals surface area contributed by atoms with Gasteiger partial charge in [0.2, 0.25) is 5.95 Å². The third-order valence-electron chi connectivity index (χ3n) is 7.94. The molecule has 0 bridgehead atoms. The van der Waals surface area contributed by atoms with Crippen molar-refractivity contribution in [1.29, 1.82) is 5.26 Å². The molecule has 3 aromatic rings. The first-order valence-electron chi connectivity index (χ1n) is 13.9. The van der Waals surface area contributed by atoms with Crippen LogP contribution in [0.25, 0.3) is 0 Å². The summed E-state index contributed by atoms with van der Waals surface area (Å²) in [6.45, 7) is 6.57. The van der Waals surface area contributed by atoms with Crippen molar-refractivity contribution in [1.82, 2.24) is 19.8 Å². The van der Waals surface area contributed by atoms with Gasteiger partial charge in [-0.1, -0.05) is 12.1 Å². The Balaban J connectivity index is 1.29. The third kappa shape index (κ3) is 6.74. The number of aromatic nitrogens is 2. The van der Waals surface area contributed by atoms with Gasteiger partial charge in [0.25, 0.3) is 0 Å². The lowest BCUT2D eigenvalue weighted by Gasteiger charge is -2.42. The van der Waals surface area contributed by atoms with Crippen molar-refractivity contribution in [2.75, 3.05) is 80.3 Å². The molecular formula is C29H36N9O3S-. The van der Waals surface area contributed by atoms with Crippen molar-refractivity contribution in [3.05, 3.63) is 54.2 Å². The fraction of sp³-hybridized carbons (Fsp3) is 0.414. The fourth-order valence-corrected chi connectivity index (χ4v) is 5.78. The van der Waals surface area contributed by atoms with Gasteiger partial charge in [0, 0.05) is 75.4 Å². The van der Waals surface area contributed by atoms with Crippen LogP contribution in [0.4, 0.5) is 34.5 Å². The van der Waals surface area contributed by atoms with Crippen molar-refractivity contribution >= 4 is 45.8 Å².